The first-order valence-corrected chi connectivity index (χ1v) is 9.64. The standard InChI is InChI=1S/C21H21ClN2O2/c1-12-8-17(12)20-7-5-16(26-20)11-24(15-3-4-15)21(25)19-10-13-9-14(22)2-6-18(13)23-19/h2,5-7,9-10,12,15,17,23H,3-4,8,11H2,1H3/t12-,17-/m0/s1. The number of aromatic nitrogens is 1. The lowest BCUT2D eigenvalue weighted by Crippen LogP contribution is -2.32. The average Bonchev–Trinajstić information content (AvgIpc) is 3.50. The molecule has 1 aromatic carbocycles. The van der Waals surface area contributed by atoms with Crippen molar-refractivity contribution in [3.8, 4) is 0 Å². The number of hydrogen-bond donors (Lipinski definition) is 1. The molecule has 2 aliphatic carbocycles. The number of hydrogen-bond acceptors (Lipinski definition) is 2. The van der Waals surface area contributed by atoms with E-state index >= 15 is 0 Å². The molecule has 2 fully saturated rings. The Labute approximate surface area is 157 Å². The number of fused-ring (bicyclic) bond motifs is 1. The highest BCUT2D eigenvalue weighted by atomic mass is 35.5. The van der Waals surface area contributed by atoms with Crippen molar-refractivity contribution in [2.75, 3.05) is 0 Å². The Kier molecular flexibility index (Phi) is 3.64. The predicted molar refractivity (Wildman–Crippen MR) is 101 cm³/mol. The third kappa shape index (κ3) is 2.92. The van der Waals surface area contributed by atoms with Gasteiger partial charge in [-0.25, -0.2) is 0 Å². The molecule has 26 heavy (non-hydrogen) atoms. The second-order valence-corrected chi connectivity index (χ2v) is 8.14. The summed E-state index contributed by atoms with van der Waals surface area (Å²) in [5, 5.41) is 1.63. The molecule has 1 amide bonds. The van der Waals surface area contributed by atoms with Gasteiger partial charge in [-0.15, -0.1) is 0 Å². The van der Waals surface area contributed by atoms with Gasteiger partial charge >= 0.3 is 0 Å². The van der Waals surface area contributed by atoms with Gasteiger partial charge < -0.3 is 14.3 Å². The lowest BCUT2D eigenvalue weighted by Gasteiger charge is -2.20. The second-order valence-electron chi connectivity index (χ2n) is 7.70. The van der Waals surface area contributed by atoms with E-state index in [4.69, 9.17) is 16.0 Å². The van der Waals surface area contributed by atoms with Crippen molar-refractivity contribution >= 4 is 28.4 Å². The fraction of sp³-hybridized carbons (Fsp3) is 0.381. The number of furan rings is 1. The smallest absolute Gasteiger partial charge is 0.270 e. The van der Waals surface area contributed by atoms with Gasteiger partial charge in [-0.1, -0.05) is 18.5 Å². The minimum atomic E-state index is 0.0255. The molecule has 3 aromatic rings. The zero-order valence-corrected chi connectivity index (χ0v) is 15.4. The summed E-state index contributed by atoms with van der Waals surface area (Å²) < 4.78 is 6.03. The van der Waals surface area contributed by atoms with Crippen LogP contribution in [-0.2, 0) is 6.54 Å². The highest BCUT2D eigenvalue weighted by Crippen LogP contribution is 2.47. The quantitative estimate of drug-likeness (QED) is 0.660. The molecule has 4 nitrogen and oxygen atoms in total. The zero-order chi connectivity index (χ0) is 17.8. The molecule has 134 valence electrons. The van der Waals surface area contributed by atoms with E-state index in [1.807, 2.05) is 35.2 Å². The van der Waals surface area contributed by atoms with Crippen LogP contribution in [-0.4, -0.2) is 21.8 Å². The molecule has 1 N–H and O–H groups in total. The molecule has 5 rings (SSSR count). The first kappa shape index (κ1) is 16.0. The van der Waals surface area contributed by atoms with E-state index in [9.17, 15) is 4.79 Å². The van der Waals surface area contributed by atoms with Gasteiger partial charge in [0.2, 0.25) is 0 Å². The Hall–Kier alpha value is -2.20. The topological polar surface area (TPSA) is 49.2 Å². The van der Waals surface area contributed by atoms with Gasteiger partial charge in [0.1, 0.15) is 17.2 Å². The maximum atomic E-state index is 13.1. The van der Waals surface area contributed by atoms with Gasteiger partial charge in [0.25, 0.3) is 5.91 Å². The fourth-order valence-corrected chi connectivity index (χ4v) is 3.87. The second kappa shape index (κ2) is 5.92. The lowest BCUT2D eigenvalue weighted by atomic mass is 10.2. The van der Waals surface area contributed by atoms with Gasteiger partial charge in [0.15, 0.2) is 0 Å². The first-order chi connectivity index (χ1) is 12.6. The van der Waals surface area contributed by atoms with Gasteiger partial charge in [0.05, 0.1) is 6.54 Å². The van der Waals surface area contributed by atoms with E-state index < -0.39 is 0 Å². The number of H-pyrrole nitrogens is 1. The Morgan fingerprint density at radius 3 is 2.81 bits per heavy atom. The van der Waals surface area contributed by atoms with Crippen LogP contribution in [0.3, 0.4) is 0 Å². The number of carbonyl (C=O) groups is 1. The molecule has 0 unspecified atom stereocenters. The molecule has 0 radical (unpaired) electrons. The summed E-state index contributed by atoms with van der Waals surface area (Å²) in [5.41, 5.74) is 1.54. The van der Waals surface area contributed by atoms with Crippen molar-refractivity contribution < 1.29 is 9.21 Å². The monoisotopic (exact) mass is 368 g/mol. The molecule has 2 heterocycles. The molecule has 2 atom stereocenters. The van der Waals surface area contributed by atoms with E-state index in [0.717, 1.165) is 35.3 Å². The predicted octanol–water partition coefficient (Wildman–Crippen LogP) is 5.34. The Balaban J connectivity index is 1.39. The van der Waals surface area contributed by atoms with Crippen LogP contribution in [0.25, 0.3) is 10.9 Å². The van der Waals surface area contributed by atoms with Crippen molar-refractivity contribution in [3.05, 3.63) is 58.6 Å². The minimum Gasteiger partial charge on any atom is -0.464 e. The average molecular weight is 369 g/mol. The normalized spacial score (nSPS) is 21.9. The van der Waals surface area contributed by atoms with Gasteiger partial charge in [0, 0.05) is 27.9 Å². The van der Waals surface area contributed by atoms with E-state index in [-0.39, 0.29) is 5.91 Å². The molecular weight excluding hydrogens is 348 g/mol. The van der Waals surface area contributed by atoms with Gasteiger partial charge in [-0.3, -0.25) is 4.79 Å². The summed E-state index contributed by atoms with van der Waals surface area (Å²) in [6.07, 6.45) is 3.33. The van der Waals surface area contributed by atoms with Crippen molar-refractivity contribution in [2.45, 2.75) is 44.7 Å². The van der Waals surface area contributed by atoms with Crippen LogP contribution < -0.4 is 0 Å². The molecule has 0 bridgehead atoms. The van der Waals surface area contributed by atoms with E-state index in [1.54, 1.807) is 0 Å². The molecule has 5 heteroatoms. The first-order valence-electron chi connectivity index (χ1n) is 9.26. The Morgan fingerprint density at radius 1 is 1.27 bits per heavy atom. The van der Waals surface area contributed by atoms with Crippen molar-refractivity contribution in [3.63, 3.8) is 0 Å². The Bertz CT molecular complexity index is 985. The number of halogens is 1. The number of aromatic amines is 1. The van der Waals surface area contributed by atoms with Crippen LogP contribution in [0, 0.1) is 5.92 Å². The van der Waals surface area contributed by atoms with E-state index in [1.165, 1.54) is 6.42 Å². The summed E-state index contributed by atoms with van der Waals surface area (Å²) in [6.45, 7) is 2.77. The number of benzene rings is 1. The fourth-order valence-electron chi connectivity index (χ4n) is 3.69. The summed E-state index contributed by atoms with van der Waals surface area (Å²) in [7, 11) is 0. The number of nitrogens with one attached hydrogen (secondary N) is 1. The van der Waals surface area contributed by atoms with Crippen LogP contribution in [0.2, 0.25) is 5.02 Å². The summed E-state index contributed by atoms with van der Waals surface area (Å²) in [6, 6.07) is 11.9. The summed E-state index contributed by atoms with van der Waals surface area (Å²) >= 11 is 6.06. The van der Waals surface area contributed by atoms with E-state index in [0.29, 0.717) is 35.1 Å². The molecule has 0 saturated heterocycles. The van der Waals surface area contributed by atoms with Crippen molar-refractivity contribution in [2.24, 2.45) is 5.92 Å². The Morgan fingerprint density at radius 2 is 2.08 bits per heavy atom. The van der Waals surface area contributed by atoms with Crippen LogP contribution in [0.15, 0.2) is 40.8 Å². The van der Waals surface area contributed by atoms with Crippen molar-refractivity contribution in [1.82, 2.24) is 9.88 Å². The summed E-state index contributed by atoms with van der Waals surface area (Å²) in [4.78, 5) is 18.3. The number of amides is 1. The SMILES string of the molecule is C[C@H]1C[C@@H]1c1ccc(CN(C(=O)c2cc3cc(Cl)ccc3[nH]2)C2CC2)o1. The molecule has 2 aromatic heterocycles. The van der Waals surface area contributed by atoms with Crippen LogP contribution in [0.4, 0.5) is 0 Å². The van der Waals surface area contributed by atoms with Crippen LogP contribution in [0.5, 0.6) is 0 Å². The number of nitrogens with zero attached hydrogens (tertiary/aromatic N) is 1. The molecular formula is C21H21ClN2O2. The van der Waals surface area contributed by atoms with Crippen LogP contribution >= 0.6 is 11.6 Å². The minimum absolute atomic E-state index is 0.0255. The molecule has 2 aliphatic rings. The molecule has 0 aliphatic heterocycles. The largest absolute Gasteiger partial charge is 0.464 e. The third-order valence-electron chi connectivity index (χ3n) is 5.55. The van der Waals surface area contributed by atoms with Crippen molar-refractivity contribution in [1.29, 1.82) is 0 Å². The summed E-state index contributed by atoms with van der Waals surface area (Å²) in [5.74, 6) is 3.24. The lowest BCUT2D eigenvalue weighted by molar-refractivity contribution is 0.0711. The maximum Gasteiger partial charge on any atom is 0.270 e. The van der Waals surface area contributed by atoms with Crippen LogP contribution in [0.1, 0.15) is 54.1 Å². The maximum absolute atomic E-state index is 13.1. The zero-order valence-electron chi connectivity index (χ0n) is 14.7. The number of rotatable bonds is 5. The molecule has 2 saturated carbocycles. The van der Waals surface area contributed by atoms with Gasteiger partial charge in [-0.2, -0.15) is 0 Å². The van der Waals surface area contributed by atoms with Gasteiger partial charge in [-0.05, 0) is 61.6 Å². The highest BCUT2D eigenvalue weighted by molar-refractivity contribution is 6.31. The van der Waals surface area contributed by atoms with E-state index in [2.05, 4.69) is 18.0 Å². The third-order valence-corrected chi connectivity index (χ3v) is 5.78. The number of carbonyl (C=O) groups excluding carboxylic acids is 1. The highest BCUT2D eigenvalue weighted by Gasteiger charge is 2.38. The molecule has 0 spiro atoms.